The fourth-order valence-electron chi connectivity index (χ4n) is 1.52. The van der Waals surface area contributed by atoms with E-state index in [1.54, 1.807) is 13.1 Å². The molecule has 0 amide bonds. The first-order valence-electron chi connectivity index (χ1n) is 5.52. The number of hydrogen-bond acceptors (Lipinski definition) is 3. The molecule has 1 aromatic rings. The van der Waals surface area contributed by atoms with E-state index in [-0.39, 0.29) is 11.1 Å². The van der Waals surface area contributed by atoms with Crippen LogP contribution < -0.4 is 0 Å². The van der Waals surface area contributed by atoms with Crippen molar-refractivity contribution in [2.75, 3.05) is 0 Å². The average Bonchev–Trinajstić information content (AvgIpc) is 2.28. The first kappa shape index (κ1) is 12.6. The first-order chi connectivity index (χ1) is 7.44. The van der Waals surface area contributed by atoms with Gasteiger partial charge in [-0.1, -0.05) is 20.8 Å². The maximum Gasteiger partial charge on any atom is 0.354 e. The van der Waals surface area contributed by atoms with Gasteiger partial charge in [-0.25, -0.2) is 14.8 Å². The second-order valence-corrected chi connectivity index (χ2v) is 4.30. The second-order valence-electron chi connectivity index (χ2n) is 4.30. The van der Waals surface area contributed by atoms with E-state index in [1.807, 2.05) is 0 Å². The molecule has 0 saturated heterocycles. The van der Waals surface area contributed by atoms with Gasteiger partial charge in [0.1, 0.15) is 5.82 Å². The van der Waals surface area contributed by atoms with Crippen molar-refractivity contribution in [3.05, 3.63) is 23.3 Å². The summed E-state index contributed by atoms with van der Waals surface area (Å²) in [6.45, 7) is 7.89. The van der Waals surface area contributed by atoms with E-state index < -0.39 is 5.97 Å². The van der Waals surface area contributed by atoms with Crippen LogP contribution in [0.2, 0.25) is 0 Å². The van der Waals surface area contributed by atoms with Crippen LogP contribution in [0, 0.1) is 6.92 Å². The number of hydrogen-bond donors (Lipinski definition) is 1. The predicted molar refractivity (Wildman–Crippen MR) is 61.7 cm³/mol. The summed E-state index contributed by atoms with van der Waals surface area (Å²) in [5.74, 6) is -0.365. The van der Waals surface area contributed by atoms with Gasteiger partial charge in [0.2, 0.25) is 0 Å². The van der Waals surface area contributed by atoms with E-state index >= 15 is 0 Å². The number of carboxylic acid groups (broad SMARTS) is 1. The minimum atomic E-state index is -0.990. The van der Waals surface area contributed by atoms with E-state index in [2.05, 4.69) is 30.7 Å². The third kappa shape index (κ3) is 2.21. The Balaban J connectivity index is 3.27. The normalized spacial score (nSPS) is 11.5. The van der Waals surface area contributed by atoms with Crippen LogP contribution in [0.25, 0.3) is 0 Å². The van der Waals surface area contributed by atoms with Crippen LogP contribution in [-0.2, 0) is 5.41 Å². The summed E-state index contributed by atoms with van der Waals surface area (Å²) in [5.41, 5.74) is 0.571. The second kappa shape index (κ2) is 4.60. The smallest absolute Gasteiger partial charge is 0.354 e. The molecule has 0 atom stereocenters. The van der Waals surface area contributed by atoms with Crippen molar-refractivity contribution in [3.8, 4) is 0 Å². The number of carbonyl (C=O) groups is 1. The molecule has 0 aliphatic carbocycles. The monoisotopic (exact) mass is 222 g/mol. The molecule has 16 heavy (non-hydrogen) atoms. The van der Waals surface area contributed by atoms with Crippen LogP contribution in [0.3, 0.4) is 0 Å². The summed E-state index contributed by atoms with van der Waals surface area (Å²) < 4.78 is 0. The fraction of sp³-hybridized carbons (Fsp3) is 0.583. The highest BCUT2D eigenvalue weighted by Gasteiger charge is 2.27. The van der Waals surface area contributed by atoms with Gasteiger partial charge in [-0.2, -0.15) is 0 Å². The van der Waals surface area contributed by atoms with E-state index in [4.69, 9.17) is 5.11 Å². The zero-order chi connectivity index (χ0) is 12.3. The molecule has 0 radical (unpaired) electrons. The van der Waals surface area contributed by atoms with Gasteiger partial charge < -0.3 is 5.11 Å². The van der Waals surface area contributed by atoms with Crippen LogP contribution in [0.4, 0.5) is 0 Å². The van der Waals surface area contributed by atoms with Crippen molar-refractivity contribution in [3.63, 3.8) is 0 Å². The number of nitrogens with zero attached hydrogens (tertiary/aromatic N) is 2. The maximum atomic E-state index is 11.0. The molecule has 0 unspecified atom stereocenters. The lowest BCUT2D eigenvalue weighted by atomic mass is 9.83. The lowest BCUT2D eigenvalue weighted by Gasteiger charge is -2.24. The van der Waals surface area contributed by atoms with Gasteiger partial charge in [0.05, 0.1) is 0 Å². The summed E-state index contributed by atoms with van der Waals surface area (Å²) in [7, 11) is 0. The van der Waals surface area contributed by atoms with Gasteiger partial charge >= 0.3 is 5.97 Å². The van der Waals surface area contributed by atoms with Gasteiger partial charge in [-0.15, -0.1) is 0 Å². The lowest BCUT2D eigenvalue weighted by Crippen LogP contribution is -2.24. The number of aromatic nitrogens is 2. The van der Waals surface area contributed by atoms with Crippen molar-refractivity contribution < 1.29 is 9.90 Å². The molecule has 0 aliphatic heterocycles. The molecule has 4 heteroatoms. The molecule has 1 N–H and O–H groups in total. The predicted octanol–water partition coefficient (Wildman–Crippen LogP) is 2.56. The average molecular weight is 222 g/mol. The Labute approximate surface area is 95.7 Å². The number of aromatic carboxylic acids is 1. The summed E-state index contributed by atoms with van der Waals surface area (Å²) >= 11 is 0. The quantitative estimate of drug-likeness (QED) is 0.850. The van der Waals surface area contributed by atoms with Gasteiger partial charge in [-0.3, -0.25) is 0 Å². The molecular weight excluding hydrogens is 204 g/mol. The Morgan fingerprint density at radius 1 is 1.44 bits per heavy atom. The maximum absolute atomic E-state index is 11.0. The van der Waals surface area contributed by atoms with Crippen molar-refractivity contribution in [1.29, 1.82) is 0 Å². The third-order valence-electron chi connectivity index (χ3n) is 3.27. The largest absolute Gasteiger partial charge is 0.477 e. The van der Waals surface area contributed by atoms with Crippen LogP contribution in [0.5, 0.6) is 0 Å². The number of aryl methyl sites for hydroxylation is 1. The molecule has 1 aromatic heterocycles. The van der Waals surface area contributed by atoms with Gasteiger partial charge in [0, 0.05) is 17.2 Å². The summed E-state index contributed by atoms with van der Waals surface area (Å²) in [4.78, 5) is 19.4. The zero-order valence-electron chi connectivity index (χ0n) is 10.2. The van der Waals surface area contributed by atoms with Crippen LogP contribution in [-0.4, -0.2) is 21.0 Å². The molecule has 0 saturated carbocycles. The molecule has 0 aromatic carbocycles. The van der Waals surface area contributed by atoms with E-state index in [0.29, 0.717) is 11.4 Å². The Kier molecular flexibility index (Phi) is 3.62. The van der Waals surface area contributed by atoms with Gasteiger partial charge in [0.15, 0.2) is 5.69 Å². The summed E-state index contributed by atoms with van der Waals surface area (Å²) in [6, 6.07) is 0. The summed E-state index contributed by atoms with van der Waals surface area (Å²) in [5, 5.41) is 9.01. The number of rotatable bonds is 4. The lowest BCUT2D eigenvalue weighted by molar-refractivity contribution is 0.0688. The van der Waals surface area contributed by atoms with Crippen molar-refractivity contribution in [2.45, 2.75) is 46.0 Å². The van der Waals surface area contributed by atoms with Gasteiger partial charge in [0.25, 0.3) is 0 Å². The van der Waals surface area contributed by atoms with Crippen LogP contribution >= 0.6 is 0 Å². The van der Waals surface area contributed by atoms with Gasteiger partial charge in [-0.05, 0) is 19.8 Å². The van der Waals surface area contributed by atoms with Crippen molar-refractivity contribution in [1.82, 2.24) is 9.97 Å². The Morgan fingerprint density at radius 2 is 2.00 bits per heavy atom. The van der Waals surface area contributed by atoms with Crippen LogP contribution in [0.15, 0.2) is 6.20 Å². The molecule has 0 bridgehead atoms. The minimum absolute atomic E-state index is 0.109. The SMILES string of the molecule is CCC(C)(CC)c1ncc(C)c(C(=O)O)n1. The molecule has 0 spiro atoms. The van der Waals surface area contributed by atoms with Crippen molar-refractivity contribution >= 4 is 5.97 Å². The molecule has 0 aliphatic rings. The van der Waals surface area contributed by atoms with E-state index in [9.17, 15) is 4.79 Å². The highest BCUT2D eigenvalue weighted by molar-refractivity contribution is 5.86. The minimum Gasteiger partial charge on any atom is -0.477 e. The highest BCUT2D eigenvalue weighted by Crippen LogP contribution is 2.28. The fourth-order valence-corrected chi connectivity index (χ4v) is 1.52. The molecule has 1 rings (SSSR count). The third-order valence-corrected chi connectivity index (χ3v) is 3.27. The Morgan fingerprint density at radius 3 is 2.44 bits per heavy atom. The highest BCUT2D eigenvalue weighted by atomic mass is 16.4. The van der Waals surface area contributed by atoms with Crippen molar-refractivity contribution in [2.24, 2.45) is 0 Å². The first-order valence-corrected chi connectivity index (χ1v) is 5.52. The molecule has 88 valence electrons. The molecule has 0 fully saturated rings. The summed E-state index contributed by atoms with van der Waals surface area (Å²) in [6.07, 6.45) is 3.38. The van der Waals surface area contributed by atoms with Crippen LogP contribution in [0.1, 0.15) is 55.5 Å². The Bertz CT molecular complexity index is 398. The standard InChI is InChI=1S/C12H18N2O2/c1-5-12(4,6-2)11-13-7-8(3)9(14-11)10(15)16/h7H,5-6H2,1-4H3,(H,15,16). The Hall–Kier alpha value is -1.45. The van der Waals surface area contributed by atoms with E-state index in [1.165, 1.54) is 0 Å². The zero-order valence-corrected chi connectivity index (χ0v) is 10.2. The number of carboxylic acids is 1. The van der Waals surface area contributed by atoms with E-state index in [0.717, 1.165) is 12.8 Å². The molecular formula is C12H18N2O2. The topological polar surface area (TPSA) is 63.1 Å². The molecule has 4 nitrogen and oxygen atoms in total. The molecule has 1 heterocycles.